The third-order valence-electron chi connectivity index (χ3n) is 8.05. The predicted molar refractivity (Wildman–Crippen MR) is 165 cm³/mol. The molecule has 0 unspecified atom stereocenters. The van der Waals surface area contributed by atoms with Crippen LogP contribution in [0.1, 0.15) is 48.8 Å². The normalized spacial score (nSPS) is 22.7. The highest BCUT2D eigenvalue weighted by atomic mass is 35.5. The highest BCUT2D eigenvalue weighted by Crippen LogP contribution is 2.49. The van der Waals surface area contributed by atoms with Crippen LogP contribution in [0.25, 0.3) is 11.0 Å². The molecule has 0 saturated carbocycles. The van der Waals surface area contributed by atoms with Crippen molar-refractivity contribution in [3.05, 3.63) is 76.3 Å². The summed E-state index contributed by atoms with van der Waals surface area (Å²) < 4.78 is 78.7. The summed E-state index contributed by atoms with van der Waals surface area (Å²) in [6.07, 6.45) is 2.23. The van der Waals surface area contributed by atoms with Crippen molar-refractivity contribution >= 4 is 40.6 Å². The van der Waals surface area contributed by atoms with Gasteiger partial charge in [-0.1, -0.05) is 17.7 Å². The first-order valence-corrected chi connectivity index (χ1v) is 14.6. The van der Waals surface area contributed by atoms with Gasteiger partial charge in [0.05, 0.1) is 57.4 Å². The van der Waals surface area contributed by atoms with Crippen molar-refractivity contribution in [2.45, 2.75) is 45.2 Å². The Kier molecular flexibility index (Phi) is 6.04. The molecule has 4 aromatic rings. The van der Waals surface area contributed by atoms with E-state index in [0.717, 1.165) is 12.5 Å². The van der Waals surface area contributed by atoms with Crippen molar-refractivity contribution < 1.29 is 40.1 Å². The second-order valence-corrected chi connectivity index (χ2v) is 11.4. The zero-order chi connectivity index (χ0) is 35.6. The van der Waals surface area contributed by atoms with Crippen molar-refractivity contribution in [2.75, 3.05) is 31.2 Å². The van der Waals surface area contributed by atoms with Crippen LogP contribution in [0.4, 0.5) is 10.1 Å². The third kappa shape index (κ3) is 5.38. The lowest BCUT2D eigenvalue weighted by Crippen LogP contribution is -2.38. The Morgan fingerprint density at radius 1 is 1.27 bits per heavy atom. The number of carboxylic acid groups (broad SMARTS) is 1. The number of nitrogens with zero attached hydrogens (tertiary/aromatic N) is 5. The number of imidazole rings is 1. The molecule has 4 heterocycles. The minimum absolute atomic E-state index is 0.109. The van der Waals surface area contributed by atoms with Crippen LogP contribution >= 0.6 is 11.6 Å². The van der Waals surface area contributed by atoms with Crippen LogP contribution in [-0.2, 0) is 23.6 Å². The number of hydrogen-bond donors (Lipinski definition) is 1. The first-order valence-electron chi connectivity index (χ1n) is 16.7. The van der Waals surface area contributed by atoms with Gasteiger partial charge in [0.2, 0.25) is 0 Å². The summed E-state index contributed by atoms with van der Waals surface area (Å²) in [5, 5.41) is 16.5. The fraction of sp³-hybridized carbons (Fsp3) is 0.344. The van der Waals surface area contributed by atoms with E-state index in [2.05, 4.69) is 5.10 Å². The van der Waals surface area contributed by atoms with Crippen molar-refractivity contribution in [3.8, 4) is 17.2 Å². The number of fused-ring (bicyclic) bond motifs is 2. The number of ether oxygens (including phenoxy) is 4. The highest BCUT2D eigenvalue weighted by molar-refractivity contribution is 6.30. The Bertz CT molecular complexity index is 2030. The number of para-hydroxylation sites is 1. The monoisotopic (exact) mass is 640 g/mol. The van der Waals surface area contributed by atoms with E-state index in [9.17, 15) is 14.3 Å². The average Bonchev–Trinajstić information content (AvgIpc) is 3.55. The van der Waals surface area contributed by atoms with Gasteiger partial charge in [-0.3, -0.25) is 5.01 Å². The molecular formula is C32H31ClFN5O6. The van der Waals surface area contributed by atoms with Gasteiger partial charge >= 0.3 is 5.97 Å². The Labute approximate surface area is 270 Å². The average molecular weight is 641 g/mol. The topological polar surface area (TPSA) is 111 Å². The quantitative estimate of drug-likeness (QED) is 0.249. The van der Waals surface area contributed by atoms with Gasteiger partial charge < -0.3 is 33.5 Å². The summed E-state index contributed by atoms with van der Waals surface area (Å²) >= 11 is 5.95. The van der Waals surface area contributed by atoms with Crippen LogP contribution in [0, 0.1) is 5.82 Å². The van der Waals surface area contributed by atoms with Crippen LogP contribution in [-0.4, -0.2) is 64.3 Å². The van der Waals surface area contributed by atoms with Crippen molar-refractivity contribution in [1.82, 2.24) is 14.6 Å². The number of aromatic carboxylic acids is 1. The Hall–Kier alpha value is -4.55. The molecule has 234 valence electrons. The molecule has 2 atom stereocenters. The SMILES string of the molecule is [2H]C([2H])([2H])C([2H])([2H])Oc1cc(C(=O)O)cc2c1nc(CN1CCN(c3cccc4c3O[C@@](C)(c3ccc(Cl)cc3F)O4)C=N1)n2C[C@@H]1CCO1. The number of benzene rings is 3. The minimum Gasteiger partial charge on any atom is -0.492 e. The standard InChI is InChI=1S/C32H31ClFN5O6/c1-3-42-27-14-19(31(40)41)13-25-29(27)36-28(39(25)16-21-9-12-43-21)17-38-11-10-37(18-35-38)24-5-4-6-26-30(24)45-32(2,44-26)22-8-7-20(33)15-23(22)34/h4-8,13-15,18,21H,3,9-12,16-17H2,1-2H3,(H,40,41)/t21-,32-/m0/s1/i1D3,3D2. The molecular weight excluding hydrogens is 605 g/mol. The molecule has 1 N–H and O–H groups in total. The van der Waals surface area contributed by atoms with Crippen LogP contribution < -0.4 is 19.1 Å². The molecule has 0 amide bonds. The Morgan fingerprint density at radius 2 is 2.13 bits per heavy atom. The number of hydrogen-bond acceptors (Lipinski definition) is 9. The second kappa shape index (κ2) is 11.4. The van der Waals surface area contributed by atoms with E-state index in [1.54, 1.807) is 41.0 Å². The maximum Gasteiger partial charge on any atom is 0.335 e. The van der Waals surface area contributed by atoms with Gasteiger partial charge in [0, 0.05) is 29.2 Å². The van der Waals surface area contributed by atoms with E-state index in [0.29, 0.717) is 54.8 Å². The zero-order valence-electron chi connectivity index (χ0n) is 29.0. The third-order valence-corrected chi connectivity index (χ3v) is 8.29. The number of carboxylic acids is 1. The summed E-state index contributed by atoms with van der Waals surface area (Å²) in [6.45, 7) is -2.70. The first kappa shape index (κ1) is 23.8. The predicted octanol–water partition coefficient (Wildman–Crippen LogP) is 5.62. The van der Waals surface area contributed by atoms with E-state index in [-0.39, 0.29) is 40.1 Å². The molecule has 1 saturated heterocycles. The van der Waals surface area contributed by atoms with Crippen molar-refractivity contribution in [1.29, 1.82) is 0 Å². The van der Waals surface area contributed by atoms with Crippen LogP contribution in [0.2, 0.25) is 5.02 Å². The fourth-order valence-electron chi connectivity index (χ4n) is 5.70. The lowest BCUT2D eigenvalue weighted by Gasteiger charge is -2.31. The Morgan fingerprint density at radius 3 is 2.84 bits per heavy atom. The summed E-state index contributed by atoms with van der Waals surface area (Å²) in [4.78, 5) is 18.6. The summed E-state index contributed by atoms with van der Waals surface area (Å²) in [7, 11) is 0. The highest BCUT2D eigenvalue weighted by Gasteiger charge is 2.42. The zero-order valence-corrected chi connectivity index (χ0v) is 24.8. The molecule has 11 nitrogen and oxygen atoms in total. The minimum atomic E-state index is -3.15. The van der Waals surface area contributed by atoms with Crippen LogP contribution in [0.3, 0.4) is 0 Å². The van der Waals surface area contributed by atoms with Gasteiger partial charge in [0.15, 0.2) is 11.5 Å². The van der Waals surface area contributed by atoms with Gasteiger partial charge in [0.1, 0.15) is 29.2 Å². The molecule has 0 aliphatic carbocycles. The number of carbonyl (C=O) groups is 1. The van der Waals surface area contributed by atoms with Gasteiger partial charge in [-0.2, -0.15) is 5.10 Å². The van der Waals surface area contributed by atoms with Gasteiger partial charge in [-0.25, -0.2) is 14.2 Å². The molecule has 0 bridgehead atoms. The number of hydrazone groups is 1. The molecule has 0 spiro atoms. The molecule has 13 heteroatoms. The summed E-state index contributed by atoms with van der Waals surface area (Å²) in [5.41, 5.74) is 1.06. The molecule has 3 aliphatic rings. The van der Waals surface area contributed by atoms with Crippen LogP contribution in [0.5, 0.6) is 17.2 Å². The first-order chi connectivity index (χ1) is 23.6. The summed E-state index contributed by atoms with van der Waals surface area (Å²) in [5.74, 6) is -2.29. The number of anilines is 1. The van der Waals surface area contributed by atoms with E-state index < -0.39 is 31.0 Å². The molecule has 0 radical (unpaired) electrons. The number of rotatable bonds is 9. The Balaban J connectivity index is 1.17. The molecule has 1 fully saturated rings. The fourth-order valence-corrected chi connectivity index (χ4v) is 5.86. The van der Waals surface area contributed by atoms with Gasteiger partial charge in [-0.15, -0.1) is 0 Å². The van der Waals surface area contributed by atoms with Gasteiger partial charge in [-0.05, 0) is 55.7 Å². The molecule has 45 heavy (non-hydrogen) atoms. The molecule has 3 aromatic carbocycles. The molecule has 7 rings (SSSR count). The van der Waals surface area contributed by atoms with Crippen molar-refractivity contribution in [2.24, 2.45) is 5.10 Å². The van der Waals surface area contributed by atoms with Crippen LogP contribution in [0.15, 0.2) is 53.6 Å². The van der Waals surface area contributed by atoms with E-state index in [1.807, 2.05) is 11.0 Å². The number of halogens is 2. The smallest absolute Gasteiger partial charge is 0.335 e. The van der Waals surface area contributed by atoms with E-state index in [4.69, 9.17) is 42.4 Å². The van der Waals surface area contributed by atoms with Crippen molar-refractivity contribution in [3.63, 3.8) is 0 Å². The van der Waals surface area contributed by atoms with E-state index in [1.165, 1.54) is 18.2 Å². The number of aromatic nitrogens is 2. The summed E-state index contributed by atoms with van der Waals surface area (Å²) in [6, 6.07) is 12.1. The maximum atomic E-state index is 14.9. The largest absolute Gasteiger partial charge is 0.492 e. The lowest BCUT2D eigenvalue weighted by atomic mass is 10.1. The molecule has 1 aromatic heterocycles. The van der Waals surface area contributed by atoms with Gasteiger partial charge in [0.25, 0.3) is 5.79 Å². The molecule has 3 aliphatic heterocycles. The second-order valence-electron chi connectivity index (χ2n) is 11.0. The van der Waals surface area contributed by atoms with E-state index >= 15 is 0 Å². The maximum absolute atomic E-state index is 14.9. The lowest BCUT2D eigenvalue weighted by molar-refractivity contribution is -0.0705.